The van der Waals surface area contributed by atoms with Crippen molar-refractivity contribution < 1.29 is 5.11 Å². The zero-order valence-electron chi connectivity index (χ0n) is 13.1. The SMILES string of the molecule is Cc1cccc2[nH]c(C3CCCN(c4nc(CO)cs4)C3)nc12. The molecule has 0 bridgehead atoms. The summed E-state index contributed by atoms with van der Waals surface area (Å²) in [6, 6.07) is 6.26. The second-order valence-corrected chi connectivity index (χ2v) is 6.99. The van der Waals surface area contributed by atoms with Crippen LogP contribution in [-0.2, 0) is 6.61 Å². The highest BCUT2D eigenvalue weighted by molar-refractivity contribution is 7.13. The summed E-state index contributed by atoms with van der Waals surface area (Å²) in [5.74, 6) is 1.48. The summed E-state index contributed by atoms with van der Waals surface area (Å²) in [4.78, 5) is 15.2. The Morgan fingerprint density at radius 2 is 2.30 bits per heavy atom. The highest BCUT2D eigenvalue weighted by Gasteiger charge is 2.25. The number of aromatic nitrogens is 3. The Hall–Kier alpha value is -1.92. The van der Waals surface area contributed by atoms with Gasteiger partial charge in [0, 0.05) is 24.4 Å². The van der Waals surface area contributed by atoms with Crippen LogP contribution in [0.3, 0.4) is 0 Å². The molecule has 23 heavy (non-hydrogen) atoms. The molecule has 3 heterocycles. The van der Waals surface area contributed by atoms with Gasteiger partial charge in [-0.1, -0.05) is 12.1 Å². The summed E-state index contributed by atoms with van der Waals surface area (Å²) >= 11 is 1.61. The van der Waals surface area contributed by atoms with Crippen molar-refractivity contribution in [3.05, 3.63) is 40.7 Å². The molecule has 6 heteroatoms. The molecule has 1 saturated heterocycles. The monoisotopic (exact) mass is 328 g/mol. The molecule has 0 amide bonds. The van der Waals surface area contributed by atoms with Gasteiger partial charge in [0.25, 0.3) is 0 Å². The van der Waals surface area contributed by atoms with Crippen LogP contribution in [0.1, 0.15) is 35.8 Å². The van der Waals surface area contributed by atoms with Crippen LogP contribution in [-0.4, -0.2) is 33.1 Å². The molecule has 2 aromatic heterocycles. The van der Waals surface area contributed by atoms with Gasteiger partial charge in [-0.05, 0) is 31.4 Å². The highest BCUT2D eigenvalue weighted by atomic mass is 32.1. The van der Waals surface area contributed by atoms with Crippen molar-refractivity contribution >= 4 is 27.5 Å². The van der Waals surface area contributed by atoms with Crippen molar-refractivity contribution in [2.24, 2.45) is 0 Å². The number of para-hydroxylation sites is 1. The van der Waals surface area contributed by atoms with Crippen molar-refractivity contribution in [1.82, 2.24) is 15.0 Å². The number of piperidine rings is 1. The molecule has 1 fully saturated rings. The van der Waals surface area contributed by atoms with Gasteiger partial charge in [-0.3, -0.25) is 0 Å². The topological polar surface area (TPSA) is 65.0 Å². The lowest BCUT2D eigenvalue weighted by Gasteiger charge is -2.31. The Kier molecular flexibility index (Phi) is 3.79. The van der Waals surface area contributed by atoms with Crippen LogP contribution in [0.4, 0.5) is 5.13 Å². The number of anilines is 1. The minimum Gasteiger partial charge on any atom is -0.390 e. The largest absolute Gasteiger partial charge is 0.390 e. The van der Waals surface area contributed by atoms with E-state index in [2.05, 4.69) is 40.0 Å². The number of benzene rings is 1. The minimum absolute atomic E-state index is 0.0105. The molecule has 1 aliphatic heterocycles. The van der Waals surface area contributed by atoms with E-state index in [0.29, 0.717) is 5.92 Å². The summed E-state index contributed by atoms with van der Waals surface area (Å²) in [7, 11) is 0. The molecule has 4 rings (SSSR count). The predicted molar refractivity (Wildman–Crippen MR) is 93.1 cm³/mol. The maximum absolute atomic E-state index is 9.20. The third-order valence-electron chi connectivity index (χ3n) is 4.51. The van der Waals surface area contributed by atoms with Crippen molar-refractivity contribution in [3.8, 4) is 0 Å². The van der Waals surface area contributed by atoms with Gasteiger partial charge >= 0.3 is 0 Å². The number of thiazole rings is 1. The van der Waals surface area contributed by atoms with Crippen LogP contribution in [0.5, 0.6) is 0 Å². The van der Waals surface area contributed by atoms with Gasteiger partial charge in [-0.25, -0.2) is 9.97 Å². The van der Waals surface area contributed by atoms with Crippen LogP contribution in [0.2, 0.25) is 0 Å². The Morgan fingerprint density at radius 3 is 3.09 bits per heavy atom. The van der Waals surface area contributed by atoms with E-state index >= 15 is 0 Å². The summed E-state index contributed by atoms with van der Waals surface area (Å²) in [6.45, 7) is 4.06. The third kappa shape index (κ3) is 2.72. The van der Waals surface area contributed by atoms with Gasteiger partial charge in [-0.2, -0.15) is 0 Å². The van der Waals surface area contributed by atoms with Crippen molar-refractivity contribution in [2.75, 3.05) is 18.0 Å². The number of aromatic amines is 1. The van der Waals surface area contributed by atoms with E-state index in [1.165, 1.54) is 5.56 Å². The quantitative estimate of drug-likeness (QED) is 0.775. The summed E-state index contributed by atoms with van der Waals surface area (Å²) in [5.41, 5.74) is 4.17. The maximum atomic E-state index is 9.20. The molecule has 0 aliphatic carbocycles. The fourth-order valence-corrected chi connectivity index (χ4v) is 4.13. The smallest absolute Gasteiger partial charge is 0.185 e. The van der Waals surface area contributed by atoms with Crippen LogP contribution in [0.25, 0.3) is 11.0 Å². The average Bonchev–Trinajstić information content (AvgIpc) is 3.22. The number of nitrogens with one attached hydrogen (secondary N) is 1. The van der Waals surface area contributed by atoms with Gasteiger partial charge in [0.15, 0.2) is 5.13 Å². The van der Waals surface area contributed by atoms with Gasteiger partial charge in [0.05, 0.1) is 23.3 Å². The lowest BCUT2D eigenvalue weighted by molar-refractivity contribution is 0.277. The number of fused-ring (bicyclic) bond motifs is 1. The van der Waals surface area contributed by atoms with Crippen LogP contribution >= 0.6 is 11.3 Å². The first-order valence-electron chi connectivity index (χ1n) is 8.00. The Morgan fingerprint density at radius 1 is 1.39 bits per heavy atom. The van der Waals surface area contributed by atoms with Crippen molar-refractivity contribution in [1.29, 1.82) is 0 Å². The van der Waals surface area contributed by atoms with Gasteiger partial charge in [0.1, 0.15) is 5.82 Å². The molecule has 120 valence electrons. The molecule has 1 aliphatic rings. The zero-order valence-corrected chi connectivity index (χ0v) is 13.9. The van der Waals surface area contributed by atoms with Crippen LogP contribution < -0.4 is 4.90 Å². The summed E-state index contributed by atoms with van der Waals surface area (Å²) in [5, 5.41) is 12.1. The molecule has 1 unspecified atom stereocenters. The van der Waals surface area contributed by atoms with E-state index in [1.54, 1.807) is 11.3 Å². The molecule has 0 saturated carbocycles. The Bertz CT molecular complexity index is 825. The highest BCUT2D eigenvalue weighted by Crippen LogP contribution is 2.31. The van der Waals surface area contributed by atoms with Gasteiger partial charge in [0.2, 0.25) is 0 Å². The number of aliphatic hydroxyl groups is 1. The van der Waals surface area contributed by atoms with E-state index in [4.69, 9.17) is 4.98 Å². The standard InChI is InChI=1S/C17H20N4OS/c1-11-4-2-6-14-15(11)20-16(19-14)12-5-3-7-21(8-12)17-18-13(9-22)10-23-17/h2,4,6,10,12,22H,3,5,7-9H2,1H3,(H,19,20). The average molecular weight is 328 g/mol. The number of aryl methyl sites for hydroxylation is 1. The maximum Gasteiger partial charge on any atom is 0.185 e. The van der Waals surface area contributed by atoms with Gasteiger partial charge < -0.3 is 15.0 Å². The van der Waals surface area contributed by atoms with Crippen LogP contribution in [0.15, 0.2) is 23.6 Å². The van der Waals surface area contributed by atoms with Gasteiger partial charge in [-0.15, -0.1) is 11.3 Å². The predicted octanol–water partition coefficient (Wildman–Crippen LogP) is 3.20. The van der Waals surface area contributed by atoms with E-state index in [1.807, 2.05) is 5.38 Å². The van der Waals surface area contributed by atoms with Crippen molar-refractivity contribution in [3.63, 3.8) is 0 Å². The number of hydrogen-bond donors (Lipinski definition) is 2. The molecular formula is C17H20N4OS. The summed E-state index contributed by atoms with van der Waals surface area (Å²) < 4.78 is 0. The number of rotatable bonds is 3. The first-order chi connectivity index (χ1) is 11.2. The van der Waals surface area contributed by atoms with E-state index in [0.717, 1.165) is 53.6 Å². The molecule has 1 aromatic carbocycles. The Balaban J connectivity index is 1.59. The van der Waals surface area contributed by atoms with E-state index < -0.39 is 0 Å². The fourth-order valence-electron chi connectivity index (χ4n) is 3.28. The molecule has 0 spiro atoms. The number of H-pyrrole nitrogens is 1. The number of imidazole rings is 1. The number of nitrogens with zero attached hydrogens (tertiary/aromatic N) is 3. The van der Waals surface area contributed by atoms with Crippen molar-refractivity contribution in [2.45, 2.75) is 32.3 Å². The Labute approximate surface area is 139 Å². The zero-order chi connectivity index (χ0) is 15.8. The molecule has 3 aromatic rings. The second kappa shape index (κ2) is 5.94. The molecule has 0 radical (unpaired) electrons. The molecule has 2 N–H and O–H groups in total. The third-order valence-corrected chi connectivity index (χ3v) is 5.46. The first-order valence-corrected chi connectivity index (χ1v) is 8.88. The van der Waals surface area contributed by atoms with E-state index in [9.17, 15) is 5.11 Å². The lowest BCUT2D eigenvalue weighted by Crippen LogP contribution is -2.34. The minimum atomic E-state index is 0.0105. The normalized spacial score (nSPS) is 18.7. The molecule has 1 atom stereocenters. The number of hydrogen-bond acceptors (Lipinski definition) is 5. The molecule has 5 nitrogen and oxygen atoms in total. The van der Waals surface area contributed by atoms with Crippen LogP contribution in [0, 0.1) is 6.92 Å². The lowest BCUT2D eigenvalue weighted by atomic mass is 9.98. The fraction of sp³-hybridized carbons (Fsp3) is 0.412. The van der Waals surface area contributed by atoms with E-state index in [-0.39, 0.29) is 6.61 Å². The molecular weight excluding hydrogens is 308 g/mol. The summed E-state index contributed by atoms with van der Waals surface area (Å²) in [6.07, 6.45) is 2.28. The second-order valence-electron chi connectivity index (χ2n) is 6.16. The first kappa shape index (κ1) is 14.7. The number of aliphatic hydroxyl groups excluding tert-OH is 1.